The third kappa shape index (κ3) is 1.51. The van der Waals surface area contributed by atoms with Crippen molar-refractivity contribution in [1.29, 1.82) is 0 Å². The van der Waals surface area contributed by atoms with Crippen molar-refractivity contribution in [2.24, 2.45) is 5.92 Å². The van der Waals surface area contributed by atoms with Crippen LogP contribution in [-0.4, -0.2) is 41.6 Å². The van der Waals surface area contributed by atoms with E-state index in [0.717, 1.165) is 32.5 Å². The second-order valence-electron chi connectivity index (χ2n) is 4.52. The van der Waals surface area contributed by atoms with Crippen molar-refractivity contribution in [2.75, 3.05) is 19.6 Å². The first-order valence-electron chi connectivity index (χ1n) is 5.77. The van der Waals surface area contributed by atoms with Crippen molar-refractivity contribution in [3.05, 3.63) is 18.0 Å². The van der Waals surface area contributed by atoms with E-state index in [4.69, 9.17) is 4.52 Å². The maximum atomic E-state index is 12.2. The number of hydrogen-bond donors (Lipinski definition) is 1. The number of aromatic nitrogens is 1. The van der Waals surface area contributed by atoms with Crippen molar-refractivity contribution >= 4 is 5.91 Å². The van der Waals surface area contributed by atoms with Gasteiger partial charge in [0.1, 0.15) is 6.26 Å². The first-order chi connectivity index (χ1) is 7.86. The van der Waals surface area contributed by atoms with E-state index in [1.807, 2.05) is 4.90 Å². The summed E-state index contributed by atoms with van der Waals surface area (Å²) < 4.78 is 4.72. The molecule has 2 atom stereocenters. The molecule has 0 aliphatic carbocycles. The van der Waals surface area contributed by atoms with Crippen molar-refractivity contribution < 1.29 is 9.32 Å². The minimum Gasteiger partial charge on any atom is -0.364 e. The predicted molar refractivity (Wildman–Crippen MR) is 56.9 cm³/mol. The maximum Gasteiger partial charge on any atom is 0.259 e. The zero-order chi connectivity index (χ0) is 11.0. The lowest BCUT2D eigenvalue weighted by atomic mass is 9.94. The fourth-order valence-corrected chi connectivity index (χ4v) is 2.81. The Balaban J connectivity index is 1.78. The molecule has 1 aromatic rings. The number of piperidine rings is 1. The van der Waals surface area contributed by atoms with Gasteiger partial charge in [-0.15, -0.1) is 0 Å². The molecule has 0 spiro atoms. The average molecular weight is 221 g/mol. The van der Waals surface area contributed by atoms with Crippen LogP contribution in [0, 0.1) is 5.92 Å². The molecular weight excluding hydrogens is 206 g/mol. The minimum atomic E-state index is 0.0654. The van der Waals surface area contributed by atoms with Crippen LogP contribution in [0.2, 0.25) is 0 Å². The van der Waals surface area contributed by atoms with E-state index in [1.54, 1.807) is 0 Å². The number of amides is 1. The summed E-state index contributed by atoms with van der Waals surface area (Å²) in [7, 11) is 0. The summed E-state index contributed by atoms with van der Waals surface area (Å²) in [6, 6.07) is 0.406. The molecule has 2 aliphatic rings. The highest BCUT2D eigenvalue weighted by Crippen LogP contribution is 2.29. The van der Waals surface area contributed by atoms with Gasteiger partial charge in [-0.3, -0.25) is 4.79 Å². The van der Waals surface area contributed by atoms with E-state index in [9.17, 15) is 4.79 Å². The fourth-order valence-electron chi connectivity index (χ4n) is 2.81. The summed E-state index contributed by atoms with van der Waals surface area (Å²) in [5.74, 6) is 0.688. The molecule has 2 aliphatic heterocycles. The molecule has 2 unspecified atom stereocenters. The zero-order valence-corrected chi connectivity index (χ0v) is 9.06. The third-order valence-electron chi connectivity index (χ3n) is 3.65. The van der Waals surface area contributed by atoms with Crippen molar-refractivity contribution in [1.82, 2.24) is 15.4 Å². The first-order valence-corrected chi connectivity index (χ1v) is 5.77. The van der Waals surface area contributed by atoms with Gasteiger partial charge in [-0.25, -0.2) is 0 Å². The van der Waals surface area contributed by atoms with E-state index in [1.165, 1.54) is 12.5 Å². The highest BCUT2D eigenvalue weighted by molar-refractivity contribution is 5.94. The van der Waals surface area contributed by atoms with Crippen LogP contribution in [0.25, 0.3) is 0 Å². The lowest BCUT2D eigenvalue weighted by molar-refractivity contribution is 0.0697. The molecule has 1 aromatic heterocycles. The Morgan fingerprint density at radius 1 is 1.56 bits per heavy atom. The fraction of sp³-hybridized carbons (Fsp3) is 0.636. The van der Waals surface area contributed by atoms with Crippen LogP contribution in [0.1, 0.15) is 23.2 Å². The van der Waals surface area contributed by atoms with Gasteiger partial charge >= 0.3 is 0 Å². The Morgan fingerprint density at radius 2 is 2.50 bits per heavy atom. The van der Waals surface area contributed by atoms with Gasteiger partial charge in [-0.05, 0) is 31.8 Å². The minimum absolute atomic E-state index is 0.0654. The van der Waals surface area contributed by atoms with Gasteiger partial charge in [-0.2, -0.15) is 0 Å². The Hall–Kier alpha value is -1.36. The van der Waals surface area contributed by atoms with E-state index < -0.39 is 0 Å². The van der Waals surface area contributed by atoms with Crippen molar-refractivity contribution in [2.45, 2.75) is 18.9 Å². The summed E-state index contributed by atoms with van der Waals surface area (Å²) in [6.07, 6.45) is 5.09. The summed E-state index contributed by atoms with van der Waals surface area (Å²) in [6.45, 7) is 2.91. The second kappa shape index (κ2) is 3.90. The molecule has 0 saturated carbocycles. The third-order valence-corrected chi connectivity index (χ3v) is 3.65. The molecule has 0 aromatic carbocycles. The molecular formula is C11H15N3O2. The van der Waals surface area contributed by atoms with E-state index >= 15 is 0 Å². The average Bonchev–Trinajstić information content (AvgIpc) is 2.98. The molecule has 2 fully saturated rings. The molecule has 2 saturated heterocycles. The number of carbonyl (C=O) groups is 1. The summed E-state index contributed by atoms with van der Waals surface area (Å²) in [5, 5.41) is 6.97. The smallest absolute Gasteiger partial charge is 0.259 e. The number of rotatable bonds is 1. The van der Waals surface area contributed by atoms with Gasteiger partial charge in [0.25, 0.3) is 5.91 Å². The summed E-state index contributed by atoms with van der Waals surface area (Å²) in [5.41, 5.74) is 0.569. The van der Waals surface area contributed by atoms with Gasteiger partial charge in [0.2, 0.25) is 0 Å². The second-order valence-corrected chi connectivity index (χ2v) is 4.52. The van der Waals surface area contributed by atoms with Gasteiger partial charge < -0.3 is 14.7 Å². The molecule has 1 amide bonds. The number of hydrogen-bond acceptors (Lipinski definition) is 4. The van der Waals surface area contributed by atoms with Crippen LogP contribution in [0.5, 0.6) is 0 Å². The number of nitrogens with one attached hydrogen (secondary N) is 1. The Morgan fingerprint density at radius 3 is 3.31 bits per heavy atom. The summed E-state index contributed by atoms with van der Waals surface area (Å²) >= 11 is 0. The molecule has 86 valence electrons. The number of fused-ring (bicyclic) bond motifs is 1. The van der Waals surface area contributed by atoms with Gasteiger partial charge in [-0.1, -0.05) is 5.16 Å². The standard InChI is InChI=1S/C11H15N3O2/c15-11(9-6-13-16-7-9)14-4-2-8-5-12-3-1-10(8)14/h6-8,10,12H,1-5H2. The normalized spacial score (nSPS) is 29.1. The zero-order valence-electron chi connectivity index (χ0n) is 9.06. The van der Waals surface area contributed by atoms with Crippen LogP contribution in [-0.2, 0) is 0 Å². The topological polar surface area (TPSA) is 58.4 Å². The maximum absolute atomic E-state index is 12.2. The molecule has 5 nitrogen and oxygen atoms in total. The van der Waals surface area contributed by atoms with E-state index in [-0.39, 0.29) is 5.91 Å². The van der Waals surface area contributed by atoms with Gasteiger partial charge in [0.15, 0.2) is 0 Å². The van der Waals surface area contributed by atoms with Crippen LogP contribution in [0.3, 0.4) is 0 Å². The van der Waals surface area contributed by atoms with Crippen LogP contribution in [0.4, 0.5) is 0 Å². The lowest BCUT2D eigenvalue weighted by Gasteiger charge is -2.31. The van der Waals surface area contributed by atoms with Crippen LogP contribution < -0.4 is 5.32 Å². The lowest BCUT2D eigenvalue weighted by Crippen LogP contribution is -2.45. The number of likely N-dealkylation sites (tertiary alicyclic amines) is 1. The molecule has 3 heterocycles. The number of carbonyl (C=O) groups excluding carboxylic acids is 1. The Kier molecular flexibility index (Phi) is 2.40. The molecule has 3 rings (SSSR count). The van der Waals surface area contributed by atoms with Gasteiger partial charge in [0.05, 0.1) is 11.8 Å². The Labute approximate surface area is 93.8 Å². The Bertz CT molecular complexity index is 377. The van der Waals surface area contributed by atoms with Crippen molar-refractivity contribution in [3.63, 3.8) is 0 Å². The van der Waals surface area contributed by atoms with Crippen LogP contribution >= 0.6 is 0 Å². The van der Waals surface area contributed by atoms with Crippen molar-refractivity contribution in [3.8, 4) is 0 Å². The SMILES string of the molecule is O=C(c1cnoc1)N1CCC2CNCCC21. The highest BCUT2D eigenvalue weighted by Gasteiger charge is 2.38. The molecule has 0 radical (unpaired) electrons. The largest absolute Gasteiger partial charge is 0.364 e. The van der Waals surface area contributed by atoms with Gasteiger partial charge in [0, 0.05) is 12.6 Å². The van der Waals surface area contributed by atoms with Crippen LogP contribution in [0.15, 0.2) is 17.0 Å². The molecule has 0 bridgehead atoms. The van der Waals surface area contributed by atoms with E-state index in [0.29, 0.717) is 17.5 Å². The first kappa shape index (κ1) is 9.84. The highest BCUT2D eigenvalue weighted by atomic mass is 16.5. The molecule has 1 N–H and O–H groups in total. The predicted octanol–water partition coefficient (Wildman–Crippen LogP) is 0.499. The monoisotopic (exact) mass is 221 g/mol. The molecule has 5 heteroatoms. The molecule has 16 heavy (non-hydrogen) atoms. The summed E-state index contributed by atoms with van der Waals surface area (Å²) in [4.78, 5) is 14.2. The number of nitrogens with zero attached hydrogens (tertiary/aromatic N) is 2. The quantitative estimate of drug-likeness (QED) is 0.750. The van der Waals surface area contributed by atoms with E-state index in [2.05, 4.69) is 10.5 Å².